The standard InChI is InChI=1S/C16H25N3O3S/c1-3-7-16(8-9-16)11-18-15(20)19-12(2)13-5-4-6-14(10-13)23(17,21)22/h4-6,10,12H,3,7-9,11H2,1-2H3,(H2,17,21,22)(H2,18,19,20). The smallest absolute Gasteiger partial charge is 0.315 e. The van der Waals surface area contributed by atoms with Gasteiger partial charge in [0.25, 0.3) is 0 Å². The second kappa shape index (κ2) is 6.88. The molecule has 4 N–H and O–H groups in total. The lowest BCUT2D eigenvalue weighted by Gasteiger charge is -2.18. The molecule has 1 saturated carbocycles. The zero-order chi connectivity index (χ0) is 17.1. The fourth-order valence-electron chi connectivity index (χ4n) is 2.78. The second-order valence-electron chi connectivity index (χ2n) is 6.42. The van der Waals surface area contributed by atoms with Gasteiger partial charge in [0.2, 0.25) is 10.0 Å². The van der Waals surface area contributed by atoms with Gasteiger partial charge in [-0.15, -0.1) is 0 Å². The number of carbonyl (C=O) groups excluding carboxylic acids is 1. The van der Waals surface area contributed by atoms with E-state index in [9.17, 15) is 13.2 Å². The Bertz CT molecular complexity index is 669. The summed E-state index contributed by atoms with van der Waals surface area (Å²) in [6.45, 7) is 4.65. The molecule has 0 spiro atoms. The fourth-order valence-corrected chi connectivity index (χ4v) is 3.35. The third kappa shape index (κ3) is 4.94. The first-order valence-corrected chi connectivity index (χ1v) is 9.47. The molecule has 0 aromatic heterocycles. The van der Waals surface area contributed by atoms with Crippen molar-refractivity contribution in [3.63, 3.8) is 0 Å². The predicted molar refractivity (Wildman–Crippen MR) is 89.3 cm³/mol. The van der Waals surface area contributed by atoms with Gasteiger partial charge < -0.3 is 10.6 Å². The SMILES string of the molecule is CCCC1(CNC(=O)NC(C)c2cccc(S(N)(=O)=O)c2)CC1. The van der Waals surface area contributed by atoms with Crippen molar-refractivity contribution in [2.75, 3.05) is 6.54 Å². The number of carbonyl (C=O) groups is 1. The van der Waals surface area contributed by atoms with E-state index in [4.69, 9.17) is 5.14 Å². The lowest BCUT2D eigenvalue weighted by molar-refractivity contribution is 0.234. The average Bonchev–Trinajstić information content (AvgIpc) is 3.25. The summed E-state index contributed by atoms with van der Waals surface area (Å²) in [6.07, 6.45) is 4.61. The van der Waals surface area contributed by atoms with Gasteiger partial charge in [0.1, 0.15) is 0 Å². The van der Waals surface area contributed by atoms with Crippen LogP contribution in [0.1, 0.15) is 51.1 Å². The lowest BCUT2D eigenvalue weighted by atomic mass is 10.0. The molecular formula is C16H25N3O3S. The van der Waals surface area contributed by atoms with Crippen molar-refractivity contribution in [2.45, 2.75) is 50.5 Å². The minimum atomic E-state index is -3.74. The van der Waals surface area contributed by atoms with Crippen molar-refractivity contribution in [3.05, 3.63) is 29.8 Å². The number of hydrogen-bond donors (Lipinski definition) is 3. The van der Waals surface area contributed by atoms with Crippen molar-refractivity contribution >= 4 is 16.1 Å². The van der Waals surface area contributed by atoms with E-state index in [2.05, 4.69) is 17.6 Å². The molecule has 0 radical (unpaired) electrons. The third-order valence-electron chi connectivity index (χ3n) is 4.40. The molecule has 1 atom stereocenters. The van der Waals surface area contributed by atoms with Gasteiger partial charge in [-0.2, -0.15) is 0 Å². The Morgan fingerprint density at radius 3 is 2.65 bits per heavy atom. The van der Waals surface area contributed by atoms with E-state index in [0.29, 0.717) is 17.5 Å². The molecule has 1 aromatic carbocycles. The number of sulfonamides is 1. The summed E-state index contributed by atoms with van der Waals surface area (Å²) in [7, 11) is -3.74. The van der Waals surface area contributed by atoms with Crippen LogP contribution in [-0.2, 0) is 10.0 Å². The average molecular weight is 339 g/mol. The van der Waals surface area contributed by atoms with Crippen LogP contribution in [-0.4, -0.2) is 21.0 Å². The monoisotopic (exact) mass is 339 g/mol. The first kappa shape index (κ1) is 17.7. The summed E-state index contributed by atoms with van der Waals surface area (Å²) >= 11 is 0. The number of urea groups is 1. The second-order valence-corrected chi connectivity index (χ2v) is 7.98. The first-order chi connectivity index (χ1) is 10.8. The van der Waals surface area contributed by atoms with Gasteiger partial charge in [-0.1, -0.05) is 25.5 Å². The van der Waals surface area contributed by atoms with Crippen molar-refractivity contribution in [3.8, 4) is 0 Å². The van der Waals surface area contributed by atoms with Crippen LogP contribution in [0.4, 0.5) is 4.79 Å². The molecule has 2 amide bonds. The topological polar surface area (TPSA) is 101 Å². The Hall–Kier alpha value is -1.60. The summed E-state index contributed by atoms with van der Waals surface area (Å²) in [6, 6.07) is 5.76. The van der Waals surface area contributed by atoms with Crippen LogP contribution in [0, 0.1) is 5.41 Å². The molecule has 1 fully saturated rings. The summed E-state index contributed by atoms with van der Waals surface area (Å²) in [4.78, 5) is 12.1. The van der Waals surface area contributed by atoms with Crippen molar-refractivity contribution in [1.82, 2.24) is 10.6 Å². The summed E-state index contributed by atoms with van der Waals surface area (Å²) in [5.41, 5.74) is 0.990. The Balaban J connectivity index is 1.91. The minimum Gasteiger partial charge on any atom is -0.338 e. The number of nitrogens with two attached hydrogens (primary N) is 1. The van der Waals surface area contributed by atoms with E-state index in [1.165, 1.54) is 25.0 Å². The van der Waals surface area contributed by atoms with Crippen LogP contribution in [0.2, 0.25) is 0 Å². The van der Waals surface area contributed by atoms with Crippen LogP contribution in [0.25, 0.3) is 0 Å². The third-order valence-corrected chi connectivity index (χ3v) is 5.31. The largest absolute Gasteiger partial charge is 0.338 e. The van der Waals surface area contributed by atoms with Crippen molar-refractivity contribution < 1.29 is 13.2 Å². The number of nitrogens with one attached hydrogen (secondary N) is 2. The van der Waals surface area contributed by atoms with Gasteiger partial charge in [-0.25, -0.2) is 18.4 Å². The summed E-state index contributed by atoms with van der Waals surface area (Å²) < 4.78 is 22.8. The molecule has 2 rings (SSSR count). The van der Waals surface area contributed by atoms with Gasteiger partial charge in [-0.3, -0.25) is 0 Å². The van der Waals surface area contributed by atoms with E-state index < -0.39 is 10.0 Å². The normalized spacial score (nSPS) is 17.3. The van der Waals surface area contributed by atoms with Gasteiger partial charge in [0, 0.05) is 6.54 Å². The van der Waals surface area contributed by atoms with E-state index in [-0.39, 0.29) is 17.0 Å². The van der Waals surface area contributed by atoms with E-state index in [0.717, 1.165) is 12.8 Å². The molecule has 1 unspecified atom stereocenters. The van der Waals surface area contributed by atoms with Crippen LogP contribution in [0.3, 0.4) is 0 Å². The molecule has 1 aliphatic carbocycles. The van der Waals surface area contributed by atoms with Crippen LogP contribution in [0.15, 0.2) is 29.2 Å². The summed E-state index contributed by atoms with van der Waals surface area (Å²) in [5, 5.41) is 10.9. The number of rotatable bonds is 7. The predicted octanol–water partition coefficient (Wildman–Crippen LogP) is 2.27. The highest BCUT2D eigenvalue weighted by Crippen LogP contribution is 2.48. The molecule has 1 aromatic rings. The molecule has 7 heteroatoms. The van der Waals surface area contributed by atoms with Gasteiger partial charge in [-0.05, 0) is 49.3 Å². The highest BCUT2D eigenvalue weighted by molar-refractivity contribution is 7.89. The highest BCUT2D eigenvalue weighted by atomic mass is 32.2. The molecular weight excluding hydrogens is 314 g/mol. The van der Waals surface area contributed by atoms with Gasteiger partial charge >= 0.3 is 6.03 Å². The minimum absolute atomic E-state index is 0.0453. The van der Waals surface area contributed by atoms with E-state index in [1.54, 1.807) is 19.1 Å². The first-order valence-electron chi connectivity index (χ1n) is 7.93. The molecule has 0 saturated heterocycles. The number of amides is 2. The summed E-state index contributed by atoms with van der Waals surface area (Å²) in [5.74, 6) is 0. The Kier molecular flexibility index (Phi) is 5.31. The fraction of sp³-hybridized carbons (Fsp3) is 0.562. The molecule has 0 aliphatic heterocycles. The zero-order valence-electron chi connectivity index (χ0n) is 13.6. The van der Waals surface area contributed by atoms with Crippen LogP contribution < -0.4 is 15.8 Å². The van der Waals surface area contributed by atoms with Gasteiger partial charge in [0.15, 0.2) is 0 Å². The number of hydrogen-bond acceptors (Lipinski definition) is 3. The Morgan fingerprint density at radius 1 is 1.39 bits per heavy atom. The molecule has 23 heavy (non-hydrogen) atoms. The highest BCUT2D eigenvalue weighted by Gasteiger charge is 2.41. The van der Waals surface area contributed by atoms with Crippen molar-refractivity contribution in [2.24, 2.45) is 10.6 Å². The van der Waals surface area contributed by atoms with Crippen LogP contribution in [0.5, 0.6) is 0 Å². The maximum absolute atomic E-state index is 12.0. The quantitative estimate of drug-likeness (QED) is 0.710. The number of primary sulfonamides is 1. The zero-order valence-corrected chi connectivity index (χ0v) is 14.4. The number of benzene rings is 1. The molecule has 128 valence electrons. The molecule has 6 nitrogen and oxygen atoms in total. The van der Waals surface area contributed by atoms with Crippen molar-refractivity contribution in [1.29, 1.82) is 0 Å². The van der Waals surface area contributed by atoms with E-state index >= 15 is 0 Å². The Morgan fingerprint density at radius 2 is 2.09 bits per heavy atom. The maximum Gasteiger partial charge on any atom is 0.315 e. The van der Waals surface area contributed by atoms with E-state index in [1.807, 2.05) is 0 Å². The van der Waals surface area contributed by atoms with Crippen LogP contribution >= 0.6 is 0 Å². The molecule has 1 aliphatic rings. The molecule has 0 bridgehead atoms. The lowest BCUT2D eigenvalue weighted by Crippen LogP contribution is -2.40. The maximum atomic E-state index is 12.0. The Labute approximate surface area is 137 Å². The molecule has 0 heterocycles. The van der Waals surface area contributed by atoms with Gasteiger partial charge in [0.05, 0.1) is 10.9 Å².